The lowest BCUT2D eigenvalue weighted by atomic mass is 10.2. The van der Waals surface area contributed by atoms with Crippen LogP contribution in [-0.4, -0.2) is 72.3 Å². The molecule has 2 fully saturated rings. The SMILES string of the molecule is c1ccc2c(N3CCN(c4nccs4)CC3)nc(N3CCN(c4nccs4)CC3)nc2c1. The Kier molecular flexibility index (Phi) is 5.24. The summed E-state index contributed by atoms with van der Waals surface area (Å²) in [5.41, 5.74) is 1.01. The van der Waals surface area contributed by atoms with Crippen molar-refractivity contribution in [2.75, 3.05) is 72.0 Å². The lowest BCUT2D eigenvalue weighted by molar-refractivity contribution is 0.631. The van der Waals surface area contributed by atoms with Crippen molar-refractivity contribution in [3.05, 3.63) is 47.4 Å². The Hall–Kier alpha value is -2.98. The average molecular weight is 465 g/mol. The van der Waals surface area contributed by atoms with Crippen molar-refractivity contribution < 1.29 is 0 Å². The fourth-order valence-electron chi connectivity index (χ4n) is 4.38. The molecule has 0 saturated carbocycles. The predicted molar refractivity (Wildman–Crippen MR) is 133 cm³/mol. The average Bonchev–Trinajstić information content (AvgIpc) is 3.59. The highest BCUT2D eigenvalue weighted by Gasteiger charge is 2.25. The van der Waals surface area contributed by atoms with Crippen molar-refractivity contribution in [2.45, 2.75) is 0 Å². The summed E-state index contributed by atoms with van der Waals surface area (Å²) >= 11 is 3.41. The zero-order valence-electron chi connectivity index (χ0n) is 17.7. The van der Waals surface area contributed by atoms with E-state index in [0.29, 0.717) is 0 Å². The first-order valence-electron chi connectivity index (χ1n) is 10.9. The number of piperazine rings is 2. The Morgan fingerprint density at radius 3 is 1.78 bits per heavy atom. The molecule has 3 aromatic heterocycles. The van der Waals surface area contributed by atoms with Crippen LogP contribution in [0.5, 0.6) is 0 Å². The molecule has 0 atom stereocenters. The molecule has 2 saturated heterocycles. The fraction of sp³-hybridized carbons (Fsp3) is 0.364. The van der Waals surface area contributed by atoms with Crippen molar-refractivity contribution in [1.82, 2.24) is 19.9 Å². The van der Waals surface area contributed by atoms with Gasteiger partial charge in [-0.15, -0.1) is 22.7 Å². The highest BCUT2D eigenvalue weighted by molar-refractivity contribution is 7.13. The number of hydrogen-bond acceptors (Lipinski definition) is 10. The highest BCUT2D eigenvalue weighted by atomic mass is 32.1. The summed E-state index contributed by atoms with van der Waals surface area (Å²) < 4.78 is 0. The summed E-state index contributed by atoms with van der Waals surface area (Å²) in [5.74, 6) is 1.88. The molecule has 10 heteroatoms. The highest BCUT2D eigenvalue weighted by Crippen LogP contribution is 2.29. The molecule has 0 unspecified atom stereocenters. The summed E-state index contributed by atoms with van der Waals surface area (Å²) in [6.07, 6.45) is 3.75. The van der Waals surface area contributed by atoms with Gasteiger partial charge in [-0.3, -0.25) is 0 Å². The summed E-state index contributed by atoms with van der Waals surface area (Å²) in [5, 5.41) is 7.41. The molecule has 4 aromatic rings. The normalized spacial score (nSPS) is 17.4. The lowest BCUT2D eigenvalue weighted by Crippen LogP contribution is -2.48. The molecular formula is C22H24N8S2. The first-order chi connectivity index (χ1) is 15.8. The maximum absolute atomic E-state index is 5.10. The molecule has 0 amide bonds. The van der Waals surface area contributed by atoms with Gasteiger partial charge in [-0.1, -0.05) is 12.1 Å². The smallest absolute Gasteiger partial charge is 0.228 e. The van der Waals surface area contributed by atoms with Gasteiger partial charge in [-0.05, 0) is 12.1 Å². The van der Waals surface area contributed by atoms with Crippen LogP contribution >= 0.6 is 22.7 Å². The third kappa shape index (κ3) is 3.73. The third-order valence-corrected chi connectivity index (χ3v) is 7.76. The summed E-state index contributed by atoms with van der Waals surface area (Å²) in [4.78, 5) is 28.4. The molecule has 0 bridgehead atoms. The molecule has 1 aromatic carbocycles. The topological polar surface area (TPSA) is 64.5 Å². The van der Waals surface area contributed by atoms with E-state index >= 15 is 0 Å². The number of hydrogen-bond donors (Lipinski definition) is 0. The second kappa shape index (κ2) is 8.51. The van der Waals surface area contributed by atoms with Gasteiger partial charge in [-0.2, -0.15) is 4.98 Å². The third-order valence-electron chi connectivity index (χ3n) is 6.09. The van der Waals surface area contributed by atoms with E-state index in [1.54, 1.807) is 22.7 Å². The molecule has 2 aliphatic rings. The minimum Gasteiger partial charge on any atom is -0.352 e. The number of nitrogens with zero attached hydrogens (tertiary/aromatic N) is 8. The number of aromatic nitrogens is 4. The second-order valence-electron chi connectivity index (χ2n) is 7.94. The molecule has 0 spiro atoms. The monoisotopic (exact) mass is 464 g/mol. The molecule has 0 aliphatic carbocycles. The van der Waals surface area contributed by atoms with Gasteiger partial charge in [0.1, 0.15) is 5.82 Å². The van der Waals surface area contributed by atoms with Gasteiger partial charge >= 0.3 is 0 Å². The van der Waals surface area contributed by atoms with Crippen LogP contribution in [0.3, 0.4) is 0 Å². The second-order valence-corrected chi connectivity index (χ2v) is 9.69. The Morgan fingerprint density at radius 1 is 0.625 bits per heavy atom. The van der Waals surface area contributed by atoms with Gasteiger partial charge < -0.3 is 19.6 Å². The molecule has 2 aliphatic heterocycles. The fourth-order valence-corrected chi connectivity index (χ4v) is 5.78. The number of thiazole rings is 2. The first kappa shape index (κ1) is 19.7. The van der Waals surface area contributed by atoms with Crippen LogP contribution < -0.4 is 19.6 Å². The minimum absolute atomic E-state index is 0.833. The van der Waals surface area contributed by atoms with Gasteiger partial charge in [0.15, 0.2) is 10.3 Å². The van der Waals surface area contributed by atoms with Gasteiger partial charge in [0.05, 0.1) is 5.52 Å². The van der Waals surface area contributed by atoms with E-state index in [2.05, 4.69) is 53.8 Å². The number of anilines is 4. The van der Waals surface area contributed by atoms with Crippen LogP contribution in [0, 0.1) is 0 Å². The van der Waals surface area contributed by atoms with E-state index in [9.17, 15) is 0 Å². The molecule has 32 heavy (non-hydrogen) atoms. The van der Waals surface area contributed by atoms with Crippen molar-refractivity contribution in [3.63, 3.8) is 0 Å². The zero-order valence-corrected chi connectivity index (χ0v) is 19.3. The van der Waals surface area contributed by atoms with Gasteiger partial charge in [0.2, 0.25) is 5.95 Å². The Morgan fingerprint density at radius 2 is 1.19 bits per heavy atom. The van der Waals surface area contributed by atoms with E-state index in [4.69, 9.17) is 9.97 Å². The Bertz CT molecular complexity index is 1160. The maximum atomic E-state index is 5.10. The minimum atomic E-state index is 0.833. The first-order valence-corrected chi connectivity index (χ1v) is 12.7. The van der Waals surface area contributed by atoms with E-state index in [-0.39, 0.29) is 0 Å². The van der Waals surface area contributed by atoms with Crippen molar-refractivity contribution in [3.8, 4) is 0 Å². The summed E-state index contributed by atoms with van der Waals surface area (Å²) in [6.45, 7) is 7.43. The number of fused-ring (bicyclic) bond motifs is 1. The standard InChI is InChI=1S/C22H24N8S2/c1-2-4-18-17(3-1)19(27-7-11-29(12-8-27)21-23-5-15-31-21)26-20(25-18)28-9-13-30(14-10-28)22-24-6-16-32-22/h1-6,15-16H,7-14H2. The molecule has 0 radical (unpaired) electrons. The molecular weight excluding hydrogens is 440 g/mol. The molecule has 8 nitrogen and oxygen atoms in total. The Labute approximate surface area is 194 Å². The lowest BCUT2D eigenvalue weighted by Gasteiger charge is -2.37. The maximum Gasteiger partial charge on any atom is 0.228 e. The van der Waals surface area contributed by atoms with E-state index < -0.39 is 0 Å². The van der Waals surface area contributed by atoms with Crippen molar-refractivity contribution >= 4 is 55.6 Å². The summed E-state index contributed by atoms with van der Waals surface area (Å²) in [6, 6.07) is 8.38. The van der Waals surface area contributed by atoms with Crippen molar-refractivity contribution in [1.29, 1.82) is 0 Å². The summed E-state index contributed by atoms with van der Waals surface area (Å²) in [7, 11) is 0. The Balaban J connectivity index is 1.24. The number of para-hydroxylation sites is 1. The van der Waals surface area contributed by atoms with Gasteiger partial charge in [0.25, 0.3) is 0 Å². The van der Waals surface area contributed by atoms with E-state index in [0.717, 1.165) is 85.3 Å². The van der Waals surface area contributed by atoms with Crippen LogP contribution in [-0.2, 0) is 0 Å². The predicted octanol–water partition coefficient (Wildman–Crippen LogP) is 3.20. The van der Waals surface area contributed by atoms with Gasteiger partial charge in [-0.25, -0.2) is 15.0 Å². The van der Waals surface area contributed by atoms with Crippen LogP contribution in [0.2, 0.25) is 0 Å². The zero-order chi connectivity index (χ0) is 21.3. The largest absolute Gasteiger partial charge is 0.352 e. The van der Waals surface area contributed by atoms with Crippen LogP contribution in [0.1, 0.15) is 0 Å². The van der Waals surface area contributed by atoms with Crippen LogP contribution in [0.4, 0.5) is 22.0 Å². The molecule has 6 rings (SSSR count). The molecule has 164 valence electrons. The number of rotatable bonds is 4. The van der Waals surface area contributed by atoms with Gasteiger partial charge in [0, 0.05) is 80.9 Å². The number of benzene rings is 1. The molecule has 5 heterocycles. The quantitative estimate of drug-likeness (QED) is 0.456. The molecule has 0 N–H and O–H groups in total. The van der Waals surface area contributed by atoms with E-state index in [1.807, 2.05) is 23.2 Å². The van der Waals surface area contributed by atoms with Crippen molar-refractivity contribution in [2.24, 2.45) is 0 Å². The van der Waals surface area contributed by atoms with E-state index in [1.165, 1.54) is 0 Å². The van der Waals surface area contributed by atoms with Crippen LogP contribution in [0.15, 0.2) is 47.4 Å². The van der Waals surface area contributed by atoms with Crippen LogP contribution in [0.25, 0.3) is 10.9 Å².